The number of nitrogens with zero attached hydrogens (tertiary/aromatic N) is 2. The highest BCUT2D eigenvalue weighted by atomic mass is 16.4. The summed E-state index contributed by atoms with van der Waals surface area (Å²) < 4.78 is 1.27. The molecule has 0 bridgehead atoms. The van der Waals surface area contributed by atoms with Gasteiger partial charge in [-0.05, 0) is 18.9 Å². The summed E-state index contributed by atoms with van der Waals surface area (Å²) in [5, 5.41) is 15.1. The molecule has 7 heteroatoms. The lowest BCUT2D eigenvalue weighted by molar-refractivity contribution is -0.137. The van der Waals surface area contributed by atoms with E-state index in [1.54, 1.807) is 0 Å². The molecule has 1 amide bonds. The standard InChI is InChI=1S/C13H19N3O4/c1-2-3-9-16-11(17)7-6-10(15-16)13(20)14-8-4-5-12(18)19/h6-7H,2-5,8-9H2,1H3,(H,14,20)(H,18,19). The van der Waals surface area contributed by atoms with Crippen LogP contribution in [0.2, 0.25) is 0 Å². The van der Waals surface area contributed by atoms with Gasteiger partial charge in [-0.1, -0.05) is 13.3 Å². The van der Waals surface area contributed by atoms with Gasteiger partial charge in [-0.3, -0.25) is 14.4 Å². The predicted octanol–water partition coefficient (Wildman–Crippen LogP) is 0.638. The van der Waals surface area contributed by atoms with E-state index in [1.807, 2.05) is 6.92 Å². The first-order valence-electron chi connectivity index (χ1n) is 6.62. The minimum atomic E-state index is -0.898. The molecule has 0 saturated carbocycles. The smallest absolute Gasteiger partial charge is 0.303 e. The second-order valence-electron chi connectivity index (χ2n) is 4.39. The summed E-state index contributed by atoms with van der Waals surface area (Å²) in [6.07, 6.45) is 2.11. The van der Waals surface area contributed by atoms with Crippen LogP contribution in [0.1, 0.15) is 43.1 Å². The van der Waals surface area contributed by atoms with E-state index in [1.165, 1.54) is 16.8 Å². The fourth-order valence-corrected chi connectivity index (χ4v) is 1.57. The van der Waals surface area contributed by atoms with E-state index in [-0.39, 0.29) is 24.2 Å². The maximum Gasteiger partial charge on any atom is 0.303 e. The number of rotatable bonds is 8. The molecule has 20 heavy (non-hydrogen) atoms. The van der Waals surface area contributed by atoms with Crippen molar-refractivity contribution in [3.63, 3.8) is 0 Å². The molecule has 0 spiro atoms. The molecular weight excluding hydrogens is 262 g/mol. The molecular formula is C13H19N3O4. The number of carbonyl (C=O) groups excluding carboxylic acids is 1. The second-order valence-corrected chi connectivity index (χ2v) is 4.39. The van der Waals surface area contributed by atoms with E-state index >= 15 is 0 Å². The number of carboxylic acids is 1. The molecule has 0 saturated heterocycles. The third-order valence-electron chi connectivity index (χ3n) is 2.68. The monoisotopic (exact) mass is 281 g/mol. The topological polar surface area (TPSA) is 101 Å². The van der Waals surface area contributed by atoms with Gasteiger partial charge >= 0.3 is 5.97 Å². The van der Waals surface area contributed by atoms with Gasteiger partial charge in [0.2, 0.25) is 0 Å². The van der Waals surface area contributed by atoms with Crippen molar-refractivity contribution >= 4 is 11.9 Å². The van der Waals surface area contributed by atoms with E-state index < -0.39 is 11.9 Å². The predicted molar refractivity (Wildman–Crippen MR) is 72.6 cm³/mol. The summed E-state index contributed by atoms with van der Waals surface area (Å²) in [4.78, 5) is 33.7. The summed E-state index contributed by atoms with van der Waals surface area (Å²) in [7, 11) is 0. The zero-order valence-electron chi connectivity index (χ0n) is 11.5. The molecule has 110 valence electrons. The highest BCUT2D eigenvalue weighted by Gasteiger charge is 2.09. The summed E-state index contributed by atoms with van der Waals surface area (Å²) in [5.74, 6) is -1.30. The van der Waals surface area contributed by atoms with E-state index in [0.717, 1.165) is 12.8 Å². The summed E-state index contributed by atoms with van der Waals surface area (Å²) in [5.41, 5.74) is -0.0723. The van der Waals surface area contributed by atoms with E-state index in [4.69, 9.17) is 5.11 Å². The Morgan fingerprint density at radius 1 is 1.35 bits per heavy atom. The molecule has 7 nitrogen and oxygen atoms in total. The summed E-state index contributed by atoms with van der Waals surface area (Å²) in [6.45, 7) is 2.75. The van der Waals surface area contributed by atoms with Gasteiger partial charge in [0.05, 0.1) is 0 Å². The number of hydrogen-bond donors (Lipinski definition) is 2. The van der Waals surface area contributed by atoms with Crippen LogP contribution in [0, 0.1) is 0 Å². The van der Waals surface area contributed by atoms with Crippen LogP contribution in [0.15, 0.2) is 16.9 Å². The van der Waals surface area contributed by atoms with Crippen molar-refractivity contribution in [2.75, 3.05) is 6.54 Å². The minimum Gasteiger partial charge on any atom is -0.481 e. The highest BCUT2D eigenvalue weighted by molar-refractivity contribution is 5.91. The normalized spacial score (nSPS) is 10.2. The molecule has 0 aliphatic heterocycles. The van der Waals surface area contributed by atoms with E-state index in [0.29, 0.717) is 13.0 Å². The number of aryl methyl sites for hydroxylation is 1. The van der Waals surface area contributed by atoms with Crippen LogP contribution < -0.4 is 10.9 Å². The number of carboxylic acid groups (broad SMARTS) is 1. The average Bonchev–Trinajstić information content (AvgIpc) is 2.42. The zero-order chi connectivity index (χ0) is 15.0. The molecule has 0 fully saturated rings. The first kappa shape index (κ1) is 15.9. The van der Waals surface area contributed by atoms with Crippen LogP contribution >= 0.6 is 0 Å². The van der Waals surface area contributed by atoms with Crippen molar-refractivity contribution in [1.82, 2.24) is 15.1 Å². The van der Waals surface area contributed by atoms with Crippen LogP contribution in [0.25, 0.3) is 0 Å². The Bertz CT molecular complexity index is 525. The number of aliphatic carboxylic acids is 1. The number of unbranched alkanes of at least 4 members (excludes halogenated alkanes) is 1. The van der Waals surface area contributed by atoms with Gasteiger partial charge in [-0.2, -0.15) is 5.10 Å². The van der Waals surface area contributed by atoms with Gasteiger partial charge < -0.3 is 10.4 Å². The van der Waals surface area contributed by atoms with Gasteiger partial charge in [0, 0.05) is 25.6 Å². The van der Waals surface area contributed by atoms with Crippen molar-refractivity contribution in [3.05, 3.63) is 28.2 Å². The lowest BCUT2D eigenvalue weighted by atomic mass is 10.3. The second kappa shape index (κ2) is 8.08. The largest absolute Gasteiger partial charge is 0.481 e. The lowest BCUT2D eigenvalue weighted by Gasteiger charge is -2.07. The van der Waals surface area contributed by atoms with Gasteiger partial charge in [0.15, 0.2) is 0 Å². The number of hydrogen-bond acceptors (Lipinski definition) is 4. The Morgan fingerprint density at radius 2 is 2.10 bits per heavy atom. The van der Waals surface area contributed by atoms with Gasteiger partial charge in [0.1, 0.15) is 5.69 Å². The molecule has 2 N–H and O–H groups in total. The molecule has 1 aromatic heterocycles. The van der Waals surface area contributed by atoms with Crippen molar-refractivity contribution in [2.45, 2.75) is 39.2 Å². The van der Waals surface area contributed by atoms with Crippen LogP contribution in [0.4, 0.5) is 0 Å². The maximum atomic E-state index is 11.8. The number of nitrogens with one attached hydrogen (secondary N) is 1. The maximum absolute atomic E-state index is 11.8. The van der Waals surface area contributed by atoms with Crippen molar-refractivity contribution < 1.29 is 14.7 Å². The van der Waals surface area contributed by atoms with Crippen LogP contribution in [-0.2, 0) is 11.3 Å². The molecule has 1 heterocycles. The first-order valence-corrected chi connectivity index (χ1v) is 6.62. The quantitative estimate of drug-likeness (QED) is 0.681. The summed E-state index contributed by atoms with van der Waals surface area (Å²) >= 11 is 0. The van der Waals surface area contributed by atoms with Crippen LogP contribution in [0.5, 0.6) is 0 Å². The van der Waals surface area contributed by atoms with Crippen molar-refractivity contribution in [1.29, 1.82) is 0 Å². The van der Waals surface area contributed by atoms with Gasteiger partial charge in [0.25, 0.3) is 11.5 Å². The summed E-state index contributed by atoms with van der Waals surface area (Å²) in [6, 6.07) is 2.69. The van der Waals surface area contributed by atoms with E-state index in [9.17, 15) is 14.4 Å². The first-order chi connectivity index (χ1) is 9.54. The number of carbonyl (C=O) groups is 2. The zero-order valence-corrected chi connectivity index (χ0v) is 11.5. The third-order valence-corrected chi connectivity index (χ3v) is 2.68. The Hall–Kier alpha value is -2.18. The Labute approximate surface area is 116 Å². The highest BCUT2D eigenvalue weighted by Crippen LogP contribution is 1.95. The van der Waals surface area contributed by atoms with Crippen molar-refractivity contribution in [2.24, 2.45) is 0 Å². The van der Waals surface area contributed by atoms with E-state index in [2.05, 4.69) is 10.4 Å². The Kier molecular flexibility index (Phi) is 6.42. The third kappa shape index (κ3) is 5.21. The van der Waals surface area contributed by atoms with Gasteiger partial charge in [-0.25, -0.2) is 4.68 Å². The molecule has 0 radical (unpaired) electrons. The number of aromatic nitrogens is 2. The molecule has 1 rings (SSSR count). The lowest BCUT2D eigenvalue weighted by Crippen LogP contribution is -2.30. The Balaban J connectivity index is 2.59. The Morgan fingerprint density at radius 3 is 2.75 bits per heavy atom. The molecule has 1 aromatic rings. The van der Waals surface area contributed by atoms with Gasteiger partial charge in [-0.15, -0.1) is 0 Å². The molecule has 0 atom stereocenters. The number of amides is 1. The SMILES string of the molecule is CCCCn1nc(C(=O)NCCCC(=O)O)ccc1=O. The fraction of sp³-hybridized carbons (Fsp3) is 0.538. The van der Waals surface area contributed by atoms with Crippen molar-refractivity contribution in [3.8, 4) is 0 Å². The minimum absolute atomic E-state index is 0.00368. The molecule has 0 aliphatic carbocycles. The average molecular weight is 281 g/mol. The molecule has 0 aromatic carbocycles. The molecule has 0 aliphatic rings. The van der Waals surface area contributed by atoms with Crippen LogP contribution in [-0.4, -0.2) is 33.3 Å². The van der Waals surface area contributed by atoms with Crippen LogP contribution in [0.3, 0.4) is 0 Å². The fourth-order valence-electron chi connectivity index (χ4n) is 1.57. The molecule has 0 unspecified atom stereocenters.